The molecule has 0 fully saturated rings. The van der Waals surface area contributed by atoms with Crippen molar-refractivity contribution in [1.29, 1.82) is 0 Å². The van der Waals surface area contributed by atoms with Crippen molar-refractivity contribution in [2.45, 2.75) is 13.8 Å². The monoisotopic (exact) mass is 190 g/mol. The van der Waals surface area contributed by atoms with Gasteiger partial charge < -0.3 is 5.32 Å². The summed E-state index contributed by atoms with van der Waals surface area (Å²) < 4.78 is 0. The molecule has 0 aliphatic carbocycles. The summed E-state index contributed by atoms with van der Waals surface area (Å²) in [4.78, 5) is 15.6. The van der Waals surface area contributed by atoms with E-state index >= 15 is 0 Å². The molecule has 3 nitrogen and oxygen atoms in total. The third-order valence-corrected chi connectivity index (χ3v) is 1.74. The predicted octanol–water partition coefficient (Wildman–Crippen LogP) is 1.70. The number of nitrogens with one attached hydrogen (secondary N) is 1. The molecule has 1 N–H and O–H groups in total. The maximum absolute atomic E-state index is 11.5. The van der Waals surface area contributed by atoms with Crippen molar-refractivity contribution in [2.75, 3.05) is 6.54 Å². The number of rotatable bonds is 3. The molecule has 0 atom stereocenters. The van der Waals surface area contributed by atoms with E-state index in [1.807, 2.05) is 38.1 Å². The summed E-state index contributed by atoms with van der Waals surface area (Å²) in [5.74, 6) is -0.133. The second kappa shape index (κ2) is 5.17. The molecule has 3 heteroatoms. The molecule has 0 spiro atoms. The normalized spacial score (nSPS) is 10.4. The van der Waals surface area contributed by atoms with Crippen LogP contribution in [0.3, 0.4) is 0 Å². The Morgan fingerprint density at radius 2 is 2.36 bits per heavy atom. The van der Waals surface area contributed by atoms with E-state index in [0.717, 1.165) is 5.69 Å². The fourth-order valence-electron chi connectivity index (χ4n) is 1.03. The Morgan fingerprint density at radius 1 is 1.57 bits per heavy atom. The van der Waals surface area contributed by atoms with Crippen LogP contribution in [-0.2, 0) is 0 Å². The van der Waals surface area contributed by atoms with Crippen molar-refractivity contribution < 1.29 is 4.79 Å². The molecule has 14 heavy (non-hydrogen) atoms. The Morgan fingerprint density at radius 3 is 3.00 bits per heavy atom. The highest BCUT2D eigenvalue weighted by molar-refractivity contribution is 5.92. The van der Waals surface area contributed by atoms with Gasteiger partial charge in [-0.25, -0.2) is 4.98 Å². The average molecular weight is 190 g/mol. The molecule has 0 radical (unpaired) electrons. The first kappa shape index (κ1) is 10.4. The minimum Gasteiger partial charge on any atom is -0.347 e. The van der Waals surface area contributed by atoms with Crippen molar-refractivity contribution in [3.05, 3.63) is 41.7 Å². The molecule has 1 aromatic heterocycles. The highest BCUT2D eigenvalue weighted by atomic mass is 16.1. The number of hydrogen-bond donors (Lipinski definition) is 1. The number of carbonyl (C=O) groups is 1. The van der Waals surface area contributed by atoms with E-state index in [1.54, 1.807) is 6.07 Å². The summed E-state index contributed by atoms with van der Waals surface area (Å²) in [6.07, 6.45) is 3.78. The topological polar surface area (TPSA) is 42.0 Å². The van der Waals surface area contributed by atoms with Crippen LogP contribution in [0.5, 0.6) is 0 Å². The molecule has 0 bridgehead atoms. The molecule has 1 amide bonds. The van der Waals surface area contributed by atoms with Gasteiger partial charge in [-0.15, -0.1) is 0 Å². The Hall–Kier alpha value is -1.64. The van der Waals surface area contributed by atoms with Crippen molar-refractivity contribution in [3.8, 4) is 0 Å². The number of amides is 1. The summed E-state index contributed by atoms with van der Waals surface area (Å²) in [5, 5.41) is 2.74. The standard InChI is InChI=1S/C11H14N2O/c1-3-4-8-12-11(14)10-7-5-6-9(2)13-10/h3-7H,8H2,1-2H3,(H,12,14)/b4-3+. The van der Waals surface area contributed by atoms with E-state index in [1.165, 1.54) is 0 Å². The number of aryl methyl sites for hydroxylation is 1. The van der Waals surface area contributed by atoms with Gasteiger partial charge in [-0.1, -0.05) is 18.2 Å². The number of nitrogens with zero attached hydrogens (tertiary/aromatic N) is 1. The molecule has 0 aliphatic rings. The Balaban J connectivity index is 2.60. The van der Waals surface area contributed by atoms with E-state index in [-0.39, 0.29) is 5.91 Å². The van der Waals surface area contributed by atoms with Gasteiger partial charge in [-0.05, 0) is 26.0 Å². The highest BCUT2D eigenvalue weighted by Crippen LogP contribution is 1.97. The van der Waals surface area contributed by atoms with Crippen molar-refractivity contribution in [1.82, 2.24) is 10.3 Å². The molecule has 0 saturated heterocycles. The van der Waals surface area contributed by atoms with Crippen LogP contribution in [0.15, 0.2) is 30.4 Å². The maximum Gasteiger partial charge on any atom is 0.270 e. The molecule has 1 aromatic rings. The van der Waals surface area contributed by atoms with Crippen LogP contribution in [-0.4, -0.2) is 17.4 Å². The lowest BCUT2D eigenvalue weighted by molar-refractivity contribution is 0.0953. The van der Waals surface area contributed by atoms with Gasteiger partial charge in [-0.3, -0.25) is 4.79 Å². The van der Waals surface area contributed by atoms with Crippen LogP contribution in [0, 0.1) is 6.92 Å². The van der Waals surface area contributed by atoms with Gasteiger partial charge in [0.25, 0.3) is 5.91 Å². The smallest absolute Gasteiger partial charge is 0.270 e. The summed E-state index contributed by atoms with van der Waals surface area (Å²) in [5.41, 5.74) is 1.32. The van der Waals surface area contributed by atoms with Crippen LogP contribution in [0.25, 0.3) is 0 Å². The predicted molar refractivity (Wildman–Crippen MR) is 56.1 cm³/mol. The van der Waals surface area contributed by atoms with Gasteiger partial charge in [0.1, 0.15) is 5.69 Å². The van der Waals surface area contributed by atoms with Crippen molar-refractivity contribution >= 4 is 5.91 Å². The molecule has 74 valence electrons. The van der Waals surface area contributed by atoms with Gasteiger partial charge >= 0.3 is 0 Å². The van der Waals surface area contributed by atoms with Crippen LogP contribution in [0.2, 0.25) is 0 Å². The quantitative estimate of drug-likeness (QED) is 0.737. The highest BCUT2D eigenvalue weighted by Gasteiger charge is 2.04. The molecule has 0 unspecified atom stereocenters. The van der Waals surface area contributed by atoms with E-state index < -0.39 is 0 Å². The first-order valence-corrected chi connectivity index (χ1v) is 4.57. The molecule has 1 rings (SSSR count). The maximum atomic E-state index is 11.5. The number of aromatic nitrogens is 1. The fourth-order valence-corrected chi connectivity index (χ4v) is 1.03. The lowest BCUT2D eigenvalue weighted by Crippen LogP contribution is -2.24. The number of allylic oxidation sites excluding steroid dienone is 1. The van der Waals surface area contributed by atoms with Crippen molar-refractivity contribution in [3.63, 3.8) is 0 Å². The molecule has 1 heterocycles. The minimum absolute atomic E-state index is 0.133. The van der Waals surface area contributed by atoms with Crippen LogP contribution < -0.4 is 5.32 Å². The van der Waals surface area contributed by atoms with E-state index in [9.17, 15) is 4.79 Å². The number of carbonyl (C=O) groups excluding carboxylic acids is 1. The number of pyridine rings is 1. The van der Waals surface area contributed by atoms with Crippen molar-refractivity contribution in [2.24, 2.45) is 0 Å². The number of hydrogen-bond acceptors (Lipinski definition) is 2. The zero-order valence-electron chi connectivity index (χ0n) is 8.45. The first-order chi connectivity index (χ1) is 6.74. The Bertz CT molecular complexity index is 345. The third-order valence-electron chi connectivity index (χ3n) is 1.74. The molecular formula is C11H14N2O. The summed E-state index contributed by atoms with van der Waals surface area (Å²) in [7, 11) is 0. The molecular weight excluding hydrogens is 176 g/mol. The lowest BCUT2D eigenvalue weighted by Gasteiger charge is -2.01. The van der Waals surface area contributed by atoms with Gasteiger partial charge in [0.2, 0.25) is 0 Å². The minimum atomic E-state index is -0.133. The first-order valence-electron chi connectivity index (χ1n) is 4.57. The summed E-state index contributed by atoms with van der Waals surface area (Å²) in [6, 6.07) is 5.40. The van der Waals surface area contributed by atoms with E-state index in [0.29, 0.717) is 12.2 Å². The fraction of sp³-hybridized carbons (Fsp3) is 0.273. The second-order valence-electron chi connectivity index (χ2n) is 2.94. The van der Waals surface area contributed by atoms with Crippen LogP contribution in [0.4, 0.5) is 0 Å². The Kier molecular flexibility index (Phi) is 3.85. The van der Waals surface area contributed by atoms with Gasteiger partial charge in [0.05, 0.1) is 0 Å². The second-order valence-corrected chi connectivity index (χ2v) is 2.94. The summed E-state index contributed by atoms with van der Waals surface area (Å²) in [6.45, 7) is 4.32. The Labute approximate surface area is 83.9 Å². The zero-order valence-corrected chi connectivity index (χ0v) is 8.45. The average Bonchev–Trinajstić information content (AvgIpc) is 2.18. The third kappa shape index (κ3) is 3.01. The van der Waals surface area contributed by atoms with Gasteiger partial charge in [-0.2, -0.15) is 0 Å². The van der Waals surface area contributed by atoms with Gasteiger partial charge in [0.15, 0.2) is 0 Å². The molecule has 0 saturated carbocycles. The van der Waals surface area contributed by atoms with E-state index in [4.69, 9.17) is 0 Å². The zero-order chi connectivity index (χ0) is 10.4. The van der Waals surface area contributed by atoms with E-state index in [2.05, 4.69) is 10.3 Å². The molecule has 0 aromatic carbocycles. The SMILES string of the molecule is C/C=C/CNC(=O)c1cccc(C)n1. The summed E-state index contributed by atoms with van der Waals surface area (Å²) >= 11 is 0. The largest absolute Gasteiger partial charge is 0.347 e. The van der Waals surface area contributed by atoms with Crippen LogP contribution >= 0.6 is 0 Å². The molecule has 0 aliphatic heterocycles. The van der Waals surface area contributed by atoms with Gasteiger partial charge in [0, 0.05) is 12.2 Å². The van der Waals surface area contributed by atoms with Crippen LogP contribution in [0.1, 0.15) is 23.1 Å². The lowest BCUT2D eigenvalue weighted by atomic mass is 10.3.